The van der Waals surface area contributed by atoms with E-state index in [-0.39, 0.29) is 24.2 Å². The lowest BCUT2D eigenvalue weighted by Crippen LogP contribution is -2.51. The van der Waals surface area contributed by atoms with Crippen LogP contribution in [0.25, 0.3) is 0 Å². The van der Waals surface area contributed by atoms with Gasteiger partial charge in [0.25, 0.3) is 5.91 Å². The van der Waals surface area contributed by atoms with E-state index in [0.29, 0.717) is 51.2 Å². The summed E-state index contributed by atoms with van der Waals surface area (Å²) in [5, 5.41) is 0. The molecule has 0 bridgehead atoms. The first kappa shape index (κ1) is 23.5. The van der Waals surface area contributed by atoms with E-state index < -0.39 is 0 Å². The van der Waals surface area contributed by atoms with Crippen molar-refractivity contribution in [3.05, 3.63) is 65.7 Å². The van der Waals surface area contributed by atoms with Gasteiger partial charge in [-0.15, -0.1) is 0 Å². The number of carbonyl (C=O) groups is 3. The van der Waals surface area contributed by atoms with Crippen LogP contribution in [0.3, 0.4) is 0 Å². The van der Waals surface area contributed by atoms with Crippen LogP contribution >= 0.6 is 0 Å². The van der Waals surface area contributed by atoms with Gasteiger partial charge in [-0.1, -0.05) is 42.5 Å². The highest BCUT2D eigenvalue weighted by atomic mass is 16.5. The fourth-order valence-electron chi connectivity index (χ4n) is 3.76. The van der Waals surface area contributed by atoms with Gasteiger partial charge in [-0.05, 0) is 49.4 Å². The van der Waals surface area contributed by atoms with Crippen LogP contribution in [0.4, 0.5) is 0 Å². The van der Waals surface area contributed by atoms with E-state index in [1.165, 1.54) is 5.56 Å². The Kier molecular flexibility index (Phi) is 8.84. The van der Waals surface area contributed by atoms with E-state index >= 15 is 0 Å². The van der Waals surface area contributed by atoms with Gasteiger partial charge >= 0.3 is 0 Å². The van der Waals surface area contributed by atoms with E-state index in [4.69, 9.17) is 4.74 Å². The SMILES string of the molecule is CC(=O)CCc1ccc(OCC(=O)N2CCN(C(=O)CCCc3ccccc3)CC2)cc1. The van der Waals surface area contributed by atoms with Crippen LogP contribution in [-0.4, -0.2) is 60.2 Å². The summed E-state index contributed by atoms with van der Waals surface area (Å²) in [5.41, 5.74) is 2.32. The maximum absolute atomic E-state index is 12.5. The van der Waals surface area contributed by atoms with Gasteiger partial charge in [-0.3, -0.25) is 9.59 Å². The minimum atomic E-state index is -0.0677. The highest BCUT2D eigenvalue weighted by Gasteiger charge is 2.24. The molecule has 2 aromatic carbocycles. The highest BCUT2D eigenvalue weighted by Crippen LogP contribution is 2.14. The number of ether oxygens (including phenoxy) is 1. The summed E-state index contributed by atoms with van der Waals surface area (Å²) in [7, 11) is 0. The molecular weight excluding hydrogens is 404 g/mol. The van der Waals surface area contributed by atoms with Gasteiger partial charge in [0.15, 0.2) is 6.61 Å². The van der Waals surface area contributed by atoms with Gasteiger partial charge in [-0.2, -0.15) is 0 Å². The van der Waals surface area contributed by atoms with Crippen molar-refractivity contribution < 1.29 is 19.1 Å². The smallest absolute Gasteiger partial charge is 0.260 e. The molecule has 170 valence electrons. The predicted molar refractivity (Wildman–Crippen MR) is 123 cm³/mol. The molecule has 1 heterocycles. The summed E-state index contributed by atoms with van der Waals surface area (Å²) >= 11 is 0. The Bertz CT molecular complexity index is 888. The van der Waals surface area contributed by atoms with E-state index in [1.807, 2.05) is 47.4 Å². The number of amides is 2. The molecule has 1 fully saturated rings. The lowest BCUT2D eigenvalue weighted by atomic mass is 10.1. The van der Waals surface area contributed by atoms with Crippen LogP contribution < -0.4 is 4.74 Å². The molecule has 6 nitrogen and oxygen atoms in total. The minimum Gasteiger partial charge on any atom is -0.484 e. The monoisotopic (exact) mass is 436 g/mol. The maximum Gasteiger partial charge on any atom is 0.260 e. The van der Waals surface area contributed by atoms with Gasteiger partial charge in [0.1, 0.15) is 11.5 Å². The Balaban J connectivity index is 1.34. The molecule has 0 aromatic heterocycles. The Hall–Kier alpha value is -3.15. The zero-order chi connectivity index (χ0) is 22.8. The van der Waals surface area contributed by atoms with Crippen LogP contribution in [0.2, 0.25) is 0 Å². The van der Waals surface area contributed by atoms with Gasteiger partial charge in [0.05, 0.1) is 0 Å². The maximum atomic E-state index is 12.5. The number of ketones is 1. The summed E-state index contributed by atoms with van der Waals surface area (Å²) < 4.78 is 5.63. The van der Waals surface area contributed by atoms with Gasteiger partial charge in [0, 0.05) is 39.0 Å². The molecule has 6 heteroatoms. The van der Waals surface area contributed by atoms with Crippen molar-refractivity contribution in [1.82, 2.24) is 9.80 Å². The number of carbonyl (C=O) groups excluding carboxylic acids is 3. The summed E-state index contributed by atoms with van der Waals surface area (Å²) in [6.07, 6.45) is 3.52. The molecule has 3 rings (SSSR count). The van der Waals surface area contributed by atoms with Crippen molar-refractivity contribution in [1.29, 1.82) is 0 Å². The standard InChI is InChI=1S/C26H32N2O4/c1-21(29)10-11-23-12-14-24(15-13-23)32-20-26(31)28-18-16-27(17-19-28)25(30)9-5-8-22-6-3-2-4-7-22/h2-4,6-7,12-15H,5,8-11,16-20H2,1H3. The number of piperazine rings is 1. The molecule has 32 heavy (non-hydrogen) atoms. The largest absolute Gasteiger partial charge is 0.484 e. The average molecular weight is 437 g/mol. The second kappa shape index (κ2) is 12.0. The molecule has 1 aliphatic rings. The van der Waals surface area contributed by atoms with Gasteiger partial charge < -0.3 is 19.3 Å². The summed E-state index contributed by atoms with van der Waals surface area (Å²) in [6, 6.07) is 17.7. The molecule has 0 N–H and O–H groups in total. The highest BCUT2D eigenvalue weighted by molar-refractivity contribution is 5.79. The number of nitrogens with zero attached hydrogens (tertiary/aromatic N) is 2. The second-order valence-electron chi connectivity index (χ2n) is 8.24. The van der Waals surface area contributed by atoms with E-state index in [2.05, 4.69) is 12.1 Å². The summed E-state index contributed by atoms with van der Waals surface area (Å²) in [5.74, 6) is 0.901. The Morgan fingerprint density at radius 2 is 1.34 bits per heavy atom. The number of hydrogen-bond acceptors (Lipinski definition) is 4. The first-order valence-corrected chi connectivity index (χ1v) is 11.3. The van der Waals surface area contributed by atoms with Crippen molar-refractivity contribution >= 4 is 17.6 Å². The molecule has 2 amide bonds. The topological polar surface area (TPSA) is 66.9 Å². The van der Waals surface area contributed by atoms with Gasteiger partial charge in [-0.25, -0.2) is 0 Å². The third kappa shape index (κ3) is 7.52. The fraction of sp³-hybridized carbons (Fsp3) is 0.423. The number of rotatable bonds is 10. The number of Topliss-reactive ketones (excluding diaryl/α,β-unsaturated/α-hetero) is 1. The number of hydrogen-bond donors (Lipinski definition) is 0. The lowest BCUT2D eigenvalue weighted by molar-refractivity contribution is -0.140. The van der Waals surface area contributed by atoms with Crippen LogP contribution in [0.15, 0.2) is 54.6 Å². The number of benzene rings is 2. The summed E-state index contributed by atoms with van der Waals surface area (Å²) in [6.45, 7) is 3.79. The Labute approximate surface area is 190 Å². The fourth-order valence-corrected chi connectivity index (χ4v) is 3.76. The Morgan fingerprint density at radius 1 is 0.750 bits per heavy atom. The Morgan fingerprint density at radius 3 is 1.97 bits per heavy atom. The summed E-state index contributed by atoms with van der Waals surface area (Å²) in [4.78, 5) is 39.6. The molecule has 2 aromatic rings. The molecule has 0 atom stereocenters. The molecular formula is C26H32N2O4. The van der Waals surface area contributed by atoms with Crippen LogP contribution in [0, 0.1) is 0 Å². The molecule has 1 aliphatic heterocycles. The van der Waals surface area contributed by atoms with E-state index in [9.17, 15) is 14.4 Å². The van der Waals surface area contributed by atoms with Crippen molar-refractivity contribution in [2.24, 2.45) is 0 Å². The first-order chi connectivity index (χ1) is 15.5. The van der Waals surface area contributed by atoms with Crippen molar-refractivity contribution in [3.8, 4) is 5.75 Å². The molecule has 0 radical (unpaired) electrons. The normalized spacial score (nSPS) is 13.7. The predicted octanol–water partition coefficient (Wildman–Crippen LogP) is 3.28. The van der Waals surface area contributed by atoms with E-state index in [0.717, 1.165) is 18.4 Å². The van der Waals surface area contributed by atoms with Crippen molar-refractivity contribution in [2.75, 3.05) is 32.8 Å². The molecule has 0 spiro atoms. The van der Waals surface area contributed by atoms with Crippen LogP contribution in [0.1, 0.15) is 37.3 Å². The van der Waals surface area contributed by atoms with E-state index in [1.54, 1.807) is 11.8 Å². The van der Waals surface area contributed by atoms with Crippen molar-refractivity contribution in [3.63, 3.8) is 0 Å². The number of aryl methyl sites for hydroxylation is 2. The molecule has 0 saturated carbocycles. The van der Waals surface area contributed by atoms with Crippen LogP contribution in [-0.2, 0) is 27.2 Å². The molecule has 0 unspecified atom stereocenters. The zero-order valence-electron chi connectivity index (χ0n) is 18.8. The second-order valence-corrected chi connectivity index (χ2v) is 8.24. The minimum absolute atomic E-state index is 0.0161. The third-order valence-corrected chi connectivity index (χ3v) is 5.74. The molecule has 1 saturated heterocycles. The zero-order valence-corrected chi connectivity index (χ0v) is 18.8. The third-order valence-electron chi connectivity index (χ3n) is 5.74. The van der Waals surface area contributed by atoms with Gasteiger partial charge in [0.2, 0.25) is 5.91 Å². The van der Waals surface area contributed by atoms with Crippen LogP contribution in [0.5, 0.6) is 5.75 Å². The molecule has 0 aliphatic carbocycles. The van der Waals surface area contributed by atoms with Crippen molar-refractivity contribution in [2.45, 2.75) is 39.0 Å². The lowest BCUT2D eigenvalue weighted by Gasteiger charge is -2.34. The quantitative estimate of drug-likeness (QED) is 0.573. The average Bonchev–Trinajstić information content (AvgIpc) is 2.82. The first-order valence-electron chi connectivity index (χ1n) is 11.3.